The van der Waals surface area contributed by atoms with Gasteiger partial charge in [-0.3, -0.25) is 0 Å². The Hall–Kier alpha value is -0.290. The quantitative estimate of drug-likeness (QED) is 0.782. The third-order valence-corrected chi connectivity index (χ3v) is 4.97. The van der Waals surface area contributed by atoms with Crippen LogP contribution in [0.4, 0.5) is 0 Å². The highest BCUT2D eigenvalue weighted by Crippen LogP contribution is 2.24. The molecule has 0 aliphatic heterocycles. The smallest absolute Gasteiger partial charge is 0.207 e. The molecule has 0 spiro atoms. The third kappa shape index (κ3) is 3.60. The Morgan fingerprint density at radius 2 is 1.94 bits per heavy atom. The predicted molar refractivity (Wildman–Crippen MR) is 75.7 cm³/mol. The molecule has 0 unspecified atom stereocenters. The van der Waals surface area contributed by atoms with Crippen LogP contribution in [-0.2, 0) is 15.9 Å². The second-order valence-corrected chi connectivity index (χ2v) is 7.29. The lowest BCUT2D eigenvalue weighted by Crippen LogP contribution is -2.30. The Bertz CT molecular complexity index is 515. The summed E-state index contributed by atoms with van der Waals surface area (Å²) < 4.78 is 25.9. The molecule has 0 N–H and O–H groups in total. The Balaban J connectivity index is 3.12. The van der Waals surface area contributed by atoms with Gasteiger partial charge >= 0.3 is 0 Å². The van der Waals surface area contributed by atoms with Crippen LogP contribution in [0, 0.1) is 5.92 Å². The minimum atomic E-state index is -3.47. The van der Waals surface area contributed by atoms with Gasteiger partial charge in [-0.15, -0.1) is 11.6 Å². The van der Waals surface area contributed by atoms with Gasteiger partial charge in [-0.1, -0.05) is 25.4 Å². The molecule has 0 amide bonds. The maximum atomic E-state index is 12.3. The molecule has 0 heterocycles. The van der Waals surface area contributed by atoms with Crippen molar-refractivity contribution in [2.24, 2.45) is 5.92 Å². The van der Waals surface area contributed by atoms with Crippen molar-refractivity contribution < 1.29 is 8.42 Å². The van der Waals surface area contributed by atoms with E-state index in [4.69, 9.17) is 23.2 Å². The summed E-state index contributed by atoms with van der Waals surface area (Å²) in [5.41, 5.74) is 0.623. The van der Waals surface area contributed by atoms with Crippen LogP contribution in [0.15, 0.2) is 23.1 Å². The summed E-state index contributed by atoms with van der Waals surface area (Å²) in [6, 6.07) is 4.60. The normalized spacial score (nSPS) is 12.4. The lowest BCUT2D eigenvalue weighted by Gasteiger charge is -2.19. The first-order chi connectivity index (χ1) is 8.28. The molecule has 0 bridgehead atoms. The van der Waals surface area contributed by atoms with Gasteiger partial charge in [0.05, 0.1) is 4.90 Å². The van der Waals surface area contributed by atoms with Crippen molar-refractivity contribution in [2.75, 3.05) is 13.6 Å². The van der Waals surface area contributed by atoms with E-state index in [1.54, 1.807) is 13.1 Å². The Kier molecular flexibility index (Phi) is 5.46. The summed E-state index contributed by atoms with van der Waals surface area (Å²) >= 11 is 11.6. The van der Waals surface area contributed by atoms with Crippen LogP contribution in [0.1, 0.15) is 19.4 Å². The van der Waals surface area contributed by atoms with E-state index in [2.05, 4.69) is 0 Å². The van der Waals surface area contributed by atoms with Crippen LogP contribution in [0.2, 0.25) is 5.02 Å². The van der Waals surface area contributed by atoms with Crippen LogP contribution in [-0.4, -0.2) is 26.3 Å². The van der Waals surface area contributed by atoms with Gasteiger partial charge in [0.1, 0.15) is 0 Å². The zero-order valence-corrected chi connectivity index (χ0v) is 13.0. The topological polar surface area (TPSA) is 37.4 Å². The molecule has 0 radical (unpaired) electrons. The van der Waals surface area contributed by atoms with Gasteiger partial charge in [-0.25, -0.2) is 12.7 Å². The van der Waals surface area contributed by atoms with Crippen molar-refractivity contribution in [2.45, 2.75) is 24.6 Å². The highest BCUT2D eigenvalue weighted by Gasteiger charge is 2.22. The van der Waals surface area contributed by atoms with E-state index in [1.807, 2.05) is 13.8 Å². The van der Waals surface area contributed by atoms with Gasteiger partial charge in [0.25, 0.3) is 0 Å². The van der Waals surface area contributed by atoms with Crippen LogP contribution in [0.5, 0.6) is 0 Å². The fourth-order valence-electron chi connectivity index (χ4n) is 1.61. The van der Waals surface area contributed by atoms with Gasteiger partial charge in [0, 0.05) is 24.5 Å². The first kappa shape index (κ1) is 15.8. The highest BCUT2D eigenvalue weighted by atomic mass is 35.5. The third-order valence-electron chi connectivity index (χ3n) is 2.49. The summed E-state index contributed by atoms with van der Waals surface area (Å²) in [4.78, 5) is 0.228. The first-order valence-electron chi connectivity index (χ1n) is 5.59. The minimum Gasteiger partial charge on any atom is -0.207 e. The summed E-state index contributed by atoms with van der Waals surface area (Å²) in [7, 11) is -1.89. The van der Waals surface area contributed by atoms with Crippen LogP contribution < -0.4 is 0 Å². The standard InChI is InChI=1S/C12H17Cl2NO2S/c1-9(2)8-15(3)18(16,17)11-4-5-12(14)10(6-11)7-13/h4-6,9H,7-8H2,1-3H3. The van der Waals surface area contributed by atoms with Gasteiger partial charge in [0.15, 0.2) is 0 Å². The second-order valence-electron chi connectivity index (χ2n) is 4.57. The van der Waals surface area contributed by atoms with Crippen molar-refractivity contribution in [3.05, 3.63) is 28.8 Å². The highest BCUT2D eigenvalue weighted by molar-refractivity contribution is 7.89. The molecular weight excluding hydrogens is 293 g/mol. The molecule has 3 nitrogen and oxygen atoms in total. The average Bonchev–Trinajstić information content (AvgIpc) is 2.28. The molecule has 0 fully saturated rings. The molecule has 0 saturated heterocycles. The van der Waals surface area contributed by atoms with Crippen LogP contribution in [0.3, 0.4) is 0 Å². The maximum absolute atomic E-state index is 12.3. The number of hydrogen-bond donors (Lipinski definition) is 0. The zero-order chi connectivity index (χ0) is 13.9. The molecule has 1 aromatic rings. The number of nitrogens with zero attached hydrogens (tertiary/aromatic N) is 1. The maximum Gasteiger partial charge on any atom is 0.242 e. The molecule has 6 heteroatoms. The Morgan fingerprint density at radius 1 is 1.33 bits per heavy atom. The predicted octanol–water partition coefficient (Wildman–Crippen LogP) is 3.36. The van der Waals surface area contributed by atoms with Crippen molar-refractivity contribution in [3.63, 3.8) is 0 Å². The van der Waals surface area contributed by atoms with Crippen LogP contribution >= 0.6 is 23.2 Å². The second kappa shape index (κ2) is 6.24. The average molecular weight is 310 g/mol. The molecule has 0 aromatic heterocycles. The lowest BCUT2D eigenvalue weighted by molar-refractivity contribution is 0.417. The number of alkyl halides is 1. The molecule has 18 heavy (non-hydrogen) atoms. The van der Waals surface area contributed by atoms with E-state index in [1.165, 1.54) is 16.4 Å². The molecule has 1 rings (SSSR count). The van der Waals surface area contributed by atoms with Gasteiger partial charge in [-0.05, 0) is 29.7 Å². The summed E-state index contributed by atoms with van der Waals surface area (Å²) in [6.07, 6.45) is 0. The Labute approximate surface area is 119 Å². The summed E-state index contributed by atoms with van der Waals surface area (Å²) in [5.74, 6) is 0.459. The molecule has 0 saturated carbocycles. The first-order valence-corrected chi connectivity index (χ1v) is 7.95. The van der Waals surface area contributed by atoms with E-state index in [-0.39, 0.29) is 16.7 Å². The number of rotatable bonds is 5. The number of sulfonamides is 1. The van der Waals surface area contributed by atoms with Crippen LogP contribution in [0.25, 0.3) is 0 Å². The number of benzene rings is 1. The van der Waals surface area contributed by atoms with Crippen molar-refractivity contribution >= 4 is 33.2 Å². The number of hydrogen-bond acceptors (Lipinski definition) is 2. The summed E-state index contributed by atoms with van der Waals surface area (Å²) in [5, 5.41) is 0.482. The largest absolute Gasteiger partial charge is 0.242 e. The van der Waals surface area contributed by atoms with E-state index >= 15 is 0 Å². The molecule has 1 aromatic carbocycles. The molecular formula is C12H17Cl2NO2S. The number of halogens is 2. The van der Waals surface area contributed by atoms with E-state index < -0.39 is 10.0 Å². The van der Waals surface area contributed by atoms with E-state index in [0.29, 0.717) is 17.1 Å². The van der Waals surface area contributed by atoms with Gasteiger partial charge in [0.2, 0.25) is 10.0 Å². The minimum absolute atomic E-state index is 0.191. The fourth-order valence-corrected chi connectivity index (χ4v) is 3.47. The van der Waals surface area contributed by atoms with E-state index in [0.717, 1.165) is 0 Å². The fraction of sp³-hybridized carbons (Fsp3) is 0.500. The van der Waals surface area contributed by atoms with Gasteiger partial charge in [-0.2, -0.15) is 0 Å². The lowest BCUT2D eigenvalue weighted by atomic mass is 10.2. The zero-order valence-electron chi connectivity index (χ0n) is 10.7. The van der Waals surface area contributed by atoms with Crippen molar-refractivity contribution in [1.29, 1.82) is 0 Å². The van der Waals surface area contributed by atoms with Gasteiger partial charge < -0.3 is 0 Å². The van der Waals surface area contributed by atoms with Crippen molar-refractivity contribution in [1.82, 2.24) is 4.31 Å². The molecule has 102 valence electrons. The van der Waals surface area contributed by atoms with E-state index in [9.17, 15) is 8.42 Å². The Morgan fingerprint density at radius 3 is 2.44 bits per heavy atom. The summed E-state index contributed by atoms with van der Waals surface area (Å²) in [6.45, 7) is 4.41. The monoisotopic (exact) mass is 309 g/mol. The SMILES string of the molecule is CC(C)CN(C)S(=O)(=O)c1ccc(Cl)c(CCl)c1. The molecule has 0 aliphatic rings. The van der Waals surface area contributed by atoms with Crippen molar-refractivity contribution in [3.8, 4) is 0 Å². The molecule has 0 atom stereocenters. The molecule has 0 aliphatic carbocycles.